The van der Waals surface area contributed by atoms with E-state index in [0.717, 1.165) is 41.8 Å². The first-order valence-electron chi connectivity index (χ1n) is 7.75. The van der Waals surface area contributed by atoms with Crippen molar-refractivity contribution in [1.82, 2.24) is 9.47 Å². The lowest BCUT2D eigenvalue weighted by Gasteiger charge is -2.15. The highest BCUT2D eigenvalue weighted by molar-refractivity contribution is 6.04. The van der Waals surface area contributed by atoms with Gasteiger partial charge < -0.3 is 10.2 Å². The molecule has 23 heavy (non-hydrogen) atoms. The molecule has 0 spiro atoms. The molecule has 2 aromatic carbocycles. The number of anilines is 1. The van der Waals surface area contributed by atoms with Gasteiger partial charge >= 0.3 is 0 Å². The molecule has 0 unspecified atom stereocenters. The summed E-state index contributed by atoms with van der Waals surface area (Å²) in [5.41, 5.74) is 2.79. The van der Waals surface area contributed by atoms with E-state index in [1.807, 2.05) is 56.6 Å². The van der Waals surface area contributed by atoms with Gasteiger partial charge in [-0.25, -0.2) is 0 Å². The largest absolute Gasteiger partial charge is 0.369 e. The van der Waals surface area contributed by atoms with Gasteiger partial charge in [-0.2, -0.15) is 0 Å². The third-order valence-corrected chi connectivity index (χ3v) is 3.90. The van der Waals surface area contributed by atoms with Crippen molar-refractivity contribution in [3.63, 3.8) is 0 Å². The number of benzene rings is 2. The van der Waals surface area contributed by atoms with E-state index in [9.17, 15) is 4.79 Å². The van der Waals surface area contributed by atoms with E-state index < -0.39 is 0 Å². The van der Waals surface area contributed by atoms with Gasteiger partial charge in [-0.15, -0.1) is 0 Å². The van der Waals surface area contributed by atoms with Crippen LogP contribution < -0.4 is 5.32 Å². The van der Waals surface area contributed by atoms with Gasteiger partial charge in [-0.3, -0.25) is 9.36 Å². The van der Waals surface area contributed by atoms with Crippen LogP contribution in [0.2, 0.25) is 0 Å². The predicted molar refractivity (Wildman–Crippen MR) is 95.7 cm³/mol. The molecule has 1 aromatic heterocycles. The number of carbonyl (C=O) groups excluding carboxylic acids is 1. The second kappa shape index (κ2) is 6.67. The second-order valence-corrected chi connectivity index (χ2v) is 5.80. The molecule has 3 rings (SSSR count). The minimum Gasteiger partial charge on any atom is -0.369 e. The molecule has 1 N–H and O–H groups in total. The number of fused-ring (bicyclic) bond motifs is 1. The quantitative estimate of drug-likeness (QED) is 0.709. The Morgan fingerprint density at radius 1 is 1.04 bits per heavy atom. The van der Waals surface area contributed by atoms with Crippen molar-refractivity contribution in [2.75, 3.05) is 32.5 Å². The molecule has 0 aliphatic rings. The normalized spacial score (nSPS) is 11.1. The van der Waals surface area contributed by atoms with Crippen molar-refractivity contribution >= 4 is 23.0 Å². The Kier molecular flexibility index (Phi) is 4.44. The number of aromatic nitrogens is 1. The molecule has 0 amide bonds. The first kappa shape index (κ1) is 15.3. The summed E-state index contributed by atoms with van der Waals surface area (Å²) in [5, 5.41) is 4.41. The average molecular weight is 307 g/mol. The molecular weight excluding hydrogens is 286 g/mol. The molecule has 0 radical (unpaired) electrons. The molecule has 118 valence electrons. The lowest BCUT2D eigenvalue weighted by Crippen LogP contribution is -2.22. The van der Waals surface area contributed by atoms with E-state index in [1.165, 1.54) is 0 Å². The van der Waals surface area contributed by atoms with Gasteiger partial charge in [0.15, 0.2) is 6.29 Å². The second-order valence-electron chi connectivity index (χ2n) is 5.80. The Morgan fingerprint density at radius 3 is 2.43 bits per heavy atom. The maximum atomic E-state index is 11.7. The Bertz CT molecular complexity index is 806. The zero-order valence-corrected chi connectivity index (χ0v) is 13.5. The van der Waals surface area contributed by atoms with Crippen LogP contribution in [0.3, 0.4) is 0 Å². The highest BCUT2D eigenvalue weighted by Gasteiger charge is 2.17. The number of para-hydroxylation sites is 2. The van der Waals surface area contributed by atoms with E-state index in [2.05, 4.69) is 26.9 Å². The van der Waals surface area contributed by atoms with Crippen LogP contribution in [0.15, 0.2) is 54.6 Å². The summed E-state index contributed by atoms with van der Waals surface area (Å²) < 4.78 is 2.12. The van der Waals surface area contributed by atoms with E-state index in [4.69, 9.17) is 0 Å². The van der Waals surface area contributed by atoms with Crippen molar-refractivity contribution in [3.05, 3.63) is 60.2 Å². The molecule has 0 aliphatic heterocycles. The monoisotopic (exact) mass is 307 g/mol. The number of likely N-dealkylation sites (N-methyl/N-ethyl adjacent to an activating group) is 1. The highest BCUT2D eigenvalue weighted by atomic mass is 16.1. The minimum atomic E-state index is 0.711. The van der Waals surface area contributed by atoms with Gasteiger partial charge in [0.1, 0.15) is 5.82 Å². The molecule has 0 aliphatic carbocycles. The van der Waals surface area contributed by atoms with E-state index in [-0.39, 0.29) is 0 Å². The molecule has 4 nitrogen and oxygen atoms in total. The van der Waals surface area contributed by atoms with E-state index in [1.54, 1.807) is 0 Å². The maximum absolute atomic E-state index is 11.7. The Hall–Kier alpha value is -2.59. The number of nitrogens with zero attached hydrogens (tertiary/aromatic N) is 2. The van der Waals surface area contributed by atoms with Crippen molar-refractivity contribution < 1.29 is 4.79 Å². The lowest BCUT2D eigenvalue weighted by molar-refractivity contribution is 0.112. The summed E-state index contributed by atoms with van der Waals surface area (Å²) in [6.07, 6.45) is 0.944. The van der Waals surface area contributed by atoms with E-state index >= 15 is 0 Å². The van der Waals surface area contributed by atoms with Gasteiger partial charge in [0.25, 0.3) is 0 Å². The molecule has 0 saturated carbocycles. The van der Waals surface area contributed by atoms with Crippen LogP contribution in [0.4, 0.5) is 5.82 Å². The number of aldehydes is 1. The summed E-state index contributed by atoms with van der Waals surface area (Å²) >= 11 is 0. The summed E-state index contributed by atoms with van der Waals surface area (Å²) in [6, 6.07) is 18.1. The molecule has 4 heteroatoms. The summed E-state index contributed by atoms with van der Waals surface area (Å²) in [4.78, 5) is 13.8. The molecule has 0 saturated heterocycles. The van der Waals surface area contributed by atoms with Crippen molar-refractivity contribution in [1.29, 1.82) is 0 Å². The fourth-order valence-corrected chi connectivity index (χ4v) is 2.80. The van der Waals surface area contributed by atoms with Crippen molar-refractivity contribution in [2.45, 2.75) is 0 Å². The first-order valence-corrected chi connectivity index (χ1v) is 7.75. The topological polar surface area (TPSA) is 37.3 Å². The number of rotatable bonds is 6. The zero-order valence-electron chi connectivity index (χ0n) is 13.5. The minimum absolute atomic E-state index is 0.711. The van der Waals surface area contributed by atoms with Gasteiger partial charge in [0.05, 0.1) is 11.1 Å². The SMILES string of the molecule is CN(C)CCNc1c(C=O)c2ccccc2n1-c1ccccc1. The Morgan fingerprint density at radius 2 is 1.74 bits per heavy atom. The zero-order chi connectivity index (χ0) is 16.2. The number of carbonyl (C=O) groups is 1. The van der Waals surface area contributed by atoms with Crippen LogP contribution in [-0.4, -0.2) is 42.9 Å². The average Bonchev–Trinajstić information content (AvgIpc) is 2.88. The van der Waals surface area contributed by atoms with Gasteiger partial charge in [-0.05, 0) is 32.3 Å². The number of hydrogen-bond acceptors (Lipinski definition) is 3. The highest BCUT2D eigenvalue weighted by Crippen LogP contribution is 2.32. The number of nitrogens with one attached hydrogen (secondary N) is 1. The standard InChI is InChI=1S/C19H21N3O/c1-21(2)13-12-20-19-17(14-23)16-10-6-7-11-18(16)22(19)15-8-4-3-5-9-15/h3-11,14,20H,12-13H2,1-2H3. The van der Waals surface area contributed by atoms with Crippen LogP contribution in [0.1, 0.15) is 10.4 Å². The fraction of sp³-hybridized carbons (Fsp3) is 0.211. The Labute approximate surface area is 136 Å². The van der Waals surface area contributed by atoms with Gasteiger partial charge in [0, 0.05) is 24.2 Å². The number of hydrogen-bond donors (Lipinski definition) is 1. The molecule has 1 heterocycles. The summed E-state index contributed by atoms with van der Waals surface area (Å²) in [5.74, 6) is 0.856. The molecular formula is C19H21N3O. The van der Waals surface area contributed by atoms with Crippen molar-refractivity contribution in [2.24, 2.45) is 0 Å². The summed E-state index contributed by atoms with van der Waals surface area (Å²) in [6.45, 7) is 1.67. The maximum Gasteiger partial charge on any atom is 0.154 e. The van der Waals surface area contributed by atoms with Crippen LogP contribution in [0.25, 0.3) is 16.6 Å². The molecule has 0 bridgehead atoms. The van der Waals surface area contributed by atoms with Crippen molar-refractivity contribution in [3.8, 4) is 5.69 Å². The third-order valence-electron chi connectivity index (χ3n) is 3.90. The fourth-order valence-electron chi connectivity index (χ4n) is 2.80. The third kappa shape index (κ3) is 2.98. The van der Waals surface area contributed by atoms with Crippen LogP contribution >= 0.6 is 0 Å². The summed E-state index contributed by atoms with van der Waals surface area (Å²) in [7, 11) is 4.07. The molecule has 0 fully saturated rings. The van der Waals surface area contributed by atoms with Crippen LogP contribution in [0, 0.1) is 0 Å². The van der Waals surface area contributed by atoms with E-state index in [0.29, 0.717) is 5.56 Å². The van der Waals surface area contributed by atoms with Crippen LogP contribution in [0.5, 0.6) is 0 Å². The van der Waals surface area contributed by atoms with Gasteiger partial charge in [-0.1, -0.05) is 36.4 Å². The predicted octanol–water partition coefficient (Wildman–Crippen LogP) is 3.42. The molecule has 3 aromatic rings. The smallest absolute Gasteiger partial charge is 0.154 e. The lowest BCUT2D eigenvalue weighted by atomic mass is 10.2. The Balaban J connectivity index is 2.16. The molecule has 0 atom stereocenters. The van der Waals surface area contributed by atoms with Gasteiger partial charge in [0.2, 0.25) is 0 Å². The van der Waals surface area contributed by atoms with Crippen LogP contribution in [-0.2, 0) is 0 Å². The first-order chi connectivity index (χ1) is 11.2.